The minimum absolute atomic E-state index is 0.213. The lowest BCUT2D eigenvalue weighted by atomic mass is 10.3. The topological polar surface area (TPSA) is 20.3 Å². The van der Waals surface area contributed by atoms with E-state index in [1.54, 1.807) is 4.90 Å². The third-order valence-corrected chi connectivity index (χ3v) is 1.53. The van der Waals surface area contributed by atoms with Gasteiger partial charge in [0.25, 0.3) is 0 Å². The first-order valence-electron chi connectivity index (χ1n) is 3.55. The second-order valence-electron chi connectivity index (χ2n) is 2.54. The molecule has 3 heteroatoms. The lowest BCUT2D eigenvalue weighted by molar-refractivity contribution is 0.207. The SMILES string of the molecule is CCCN(C(=O)Cl)C(C)C. The quantitative estimate of drug-likeness (QED) is 0.463. The molecule has 0 unspecified atom stereocenters. The maximum absolute atomic E-state index is 10.7. The van der Waals surface area contributed by atoms with Crippen molar-refractivity contribution in [3.8, 4) is 0 Å². The summed E-state index contributed by atoms with van der Waals surface area (Å²) in [5.74, 6) is 0. The lowest BCUT2D eigenvalue weighted by Gasteiger charge is -2.22. The Morgan fingerprint density at radius 1 is 1.60 bits per heavy atom. The van der Waals surface area contributed by atoms with E-state index in [1.165, 1.54) is 0 Å². The van der Waals surface area contributed by atoms with E-state index < -0.39 is 0 Å². The van der Waals surface area contributed by atoms with Crippen LogP contribution in [0.1, 0.15) is 27.2 Å². The Morgan fingerprint density at radius 2 is 2.10 bits per heavy atom. The lowest BCUT2D eigenvalue weighted by Crippen LogP contribution is -2.33. The first-order chi connectivity index (χ1) is 4.59. The molecule has 0 saturated carbocycles. The summed E-state index contributed by atoms with van der Waals surface area (Å²) in [4.78, 5) is 12.3. The van der Waals surface area contributed by atoms with Crippen LogP contribution in [0, 0.1) is 0 Å². The Morgan fingerprint density at radius 3 is 2.20 bits per heavy atom. The summed E-state index contributed by atoms with van der Waals surface area (Å²) in [6, 6.07) is 0.213. The summed E-state index contributed by atoms with van der Waals surface area (Å²) in [6.07, 6.45) is 0.955. The molecule has 0 aliphatic carbocycles. The Kier molecular flexibility index (Phi) is 4.45. The Balaban J connectivity index is 3.85. The molecule has 0 aliphatic heterocycles. The number of halogens is 1. The van der Waals surface area contributed by atoms with Crippen LogP contribution >= 0.6 is 11.6 Å². The molecule has 0 radical (unpaired) electrons. The standard InChI is InChI=1S/C7H14ClNO/c1-4-5-9(6(2)3)7(8)10/h6H,4-5H2,1-3H3. The van der Waals surface area contributed by atoms with Crippen LogP contribution in [0.3, 0.4) is 0 Å². The molecule has 0 atom stereocenters. The van der Waals surface area contributed by atoms with Crippen LogP contribution in [-0.4, -0.2) is 22.9 Å². The molecule has 0 rings (SSSR count). The minimum Gasteiger partial charge on any atom is -0.327 e. The first kappa shape index (κ1) is 9.76. The number of nitrogens with zero attached hydrogens (tertiary/aromatic N) is 1. The van der Waals surface area contributed by atoms with Gasteiger partial charge in [0, 0.05) is 12.6 Å². The van der Waals surface area contributed by atoms with Gasteiger partial charge < -0.3 is 4.90 Å². The van der Waals surface area contributed by atoms with Gasteiger partial charge in [0.2, 0.25) is 0 Å². The van der Waals surface area contributed by atoms with Gasteiger partial charge in [-0.05, 0) is 31.9 Å². The van der Waals surface area contributed by atoms with Crippen molar-refractivity contribution < 1.29 is 4.79 Å². The van der Waals surface area contributed by atoms with Gasteiger partial charge in [-0.15, -0.1) is 0 Å². The van der Waals surface area contributed by atoms with Crippen LogP contribution in [0.4, 0.5) is 4.79 Å². The minimum atomic E-state index is -0.350. The molecular formula is C7H14ClNO. The van der Waals surface area contributed by atoms with Crippen molar-refractivity contribution >= 4 is 17.0 Å². The van der Waals surface area contributed by atoms with Crippen molar-refractivity contribution in [1.82, 2.24) is 4.90 Å². The molecule has 2 nitrogen and oxygen atoms in total. The predicted molar refractivity (Wildman–Crippen MR) is 43.4 cm³/mol. The van der Waals surface area contributed by atoms with Crippen LogP contribution in [-0.2, 0) is 0 Å². The molecule has 0 aliphatic rings. The van der Waals surface area contributed by atoms with Gasteiger partial charge in [0.15, 0.2) is 0 Å². The van der Waals surface area contributed by atoms with Crippen LogP contribution < -0.4 is 0 Å². The molecular weight excluding hydrogens is 150 g/mol. The average Bonchev–Trinajstić information content (AvgIpc) is 1.81. The van der Waals surface area contributed by atoms with Gasteiger partial charge in [0.05, 0.1) is 0 Å². The van der Waals surface area contributed by atoms with Crippen molar-refractivity contribution in [3.63, 3.8) is 0 Å². The monoisotopic (exact) mass is 163 g/mol. The number of amides is 1. The van der Waals surface area contributed by atoms with E-state index in [9.17, 15) is 4.79 Å². The summed E-state index contributed by atoms with van der Waals surface area (Å²) in [5.41, 5.74) is 0. The van der Waals surface area contributed by atoms with Crippen molar-refractivity contribution in [1.29, 1.82) is 0 Å². The third-order valence-electron chi connectivity index (χ3n) is 1.31. The van der Waals surface area contributed by atoms with Gasteiger partial charge in [-0.2, -0.15) is 0 Å². The van der Waals surface area contributed by atoms with Gasteiger partial charge in [-0.1, -0.05) is 6.92 Å². The van der Waals surface area contributed by atoms with E-state index in [1.807, 2.05) is 20.8 Å². The van der Waals surface area contributed by atoms with E-state index in [0.717, 1.165) is 13.0 Å². The second kappa shape index (κ2) is 4.56. The molecule has 10 heavy (non-hydrogen) atoms. The molecule has 0 spiro atoms. The van der Waals surface area contributed by atoms with Crippen molar-refractivity contribution in [2.75, 3.05) is 6.54 Å². The largest absolute Gasteiger partial charge is 0.327 e. The normalized spacial score (nSPS) is 10.1. The van der Waals surface area contributed by atoms with Crippen molar-refractivity contribution in [2.45, 2.75) is 33.2 Å². The molecule has 60 valence electrons. The second-order valence-corrected chi connectivity index (χ2v) is 2.86. The Labute approximate surface area is 67.2 Å². The number of rotatable bonds is 3. The molecule has 0 fully saturated rings. The Hall–Kier alpha value is -0.240. The highest BCUT2D eigenvalue weighted by molar-refractivity contribution is 6.62. The molecule has 0 aromatic carbocycles. The molecule has 1 amide bonds. The molecule has 0 bridgehead atoms. The van der Waals surface area contributed by atoms with Crippen LogP contribution in [0.25, 0.3) is 0 Å². The summed E-state index contributed by atoms with van der Waals surface area (Å²) in [7, 11) is 0. The van der Waals surface area contributed by atoms with E-state index in [2.05, 4.69) is 0 Å². The van der Waals surface area contributed by atoms with Crippen LogP contribution in [0.2, 0.25) is 0 Å². The number of carbonyl (C=O) groups is 1. The van der Waals surface area contributed by atoms with Crippen molar-refractivity contribution in [2.24, 2.45) is 0 Å². The number of hydrogen-bond acceptors (Lipinski definition) is 1. The zero-order chi connectivity index (χ0) is 8.15. The summed E-state index contributed by atoms with van der Waals surface area (Å²) in [5, 5.41) is -0.350. The summed E-state index contributed by atoms with van der Waals surface area (Å²) < 4.78 is 0. The van der Waals surface area contributed by atoms with Crippen LogP contribution in [0.5, 0.6) is 0 Å². The highest BCUT2D eigenvalue weighted by atomic mass is 35.5. The molecule has 0 saturated heterocycles. The predicted octanol–water partition coefficient (Wildman–Crippen LogP) is 2.47. The van der Waals surface area contributed by atoms with Gasteiger partial charge in [-0.3, -0.25) is 4.79 Å². The first-order valence-corrected chi connectivity index (χ1v) is 3.93. The fourth-order valence-corrected chi connectivity index (χ4v) is 1.07. The summed E-state index contributed by atoms with van der Waals surface area (Å²) >= 11 is 5.30. The highest BCUT2D eigenvalue weighted by Crippen LogP contribution is 2.03. The smallest absolute Gasteiger partial charge is 0.316 e. The molecule has 0 aromatic heterocycles. The molecule has 0 heterocycles. The number of carbonyl (C=O) groups excluding carboxylic acids is 1. The highest BCUT2D eigenvalue weighted by Gasteiger charge is 2.11. The zero-order valence-electron chi connectivity index (χ0n) is 6.72. The van der Waals surface area contributed by atoms with E-state index in [-0.39, 0.29) is 11.4 Å². The fraction of sp³-hybridized carbons (Fsp3) is 0.857. The maximum Gasteiger partial charge on any atom is 0.316 e. The third kappa shape index (κ3) is 3.06. The number of hydrogen-bond donors (Lipinski definition) is 0. The molecule has 0 aromatic rings. The van der Waals surface area contributed by atoms with E-state index in [0.29, 0.717) is 0 Å². The van der Waals surface area contributed by atoms with Gasteiger partial charge >= 0.3 is 5.37 Å². The maximum atomic E-state index is 10.7. The average molecular weight is 164 g/mol. The van der Waals surface area contributed by atoms with Gasteiger partial charge in [-0.25, -0.2) is 0 Å². The van der Waals surface area contributed by atoms with Crippen molar-refractivity contribution in [3.05, 3.63) is 0 Å². The molecule has 0 N–H and O–H groups in total. The summed E-state index contributed by atoms with van der Waals surface area (Å²) in [6.45, 7) is 6.68. The Bertz CT molecular complexity index is 114. The van der Waals surface area contributed by atoms with Gasteiger partial charge in [0.1, 0.15) is 0 Å². The van der Waals surface area contributed by atoms with Crippen LogP contribution in [0.15, 0.2) is 0 Å². The zero-order valence-corrected chi connectivity index (χ0v) is 7.48. The van der Waals surface area contributed by atoms with E-state index >= 15 is 0 Å². The fourth-order valence-electron chi connectivity index (χ4n) is 0.790. The van der Waals surface area contributed by atoms with E-state index in [4.69, 9.17) is 11.6 Å².